The van der Waals surface area contributed by atoms with Crippen molar-refractivity contribution in [2.45, 2.75) is 0 Å². The highest BCUT2D eigenvalue weighted by Gasteiger charge is 2.10. The monoisotopic (exact) mass is 313 g/mol. The van der Waals surface area contributed by atoms with Crippen LogP contribution in [-0.4, -0.2) is 5.91 Å². The van der Waals surface area contributed by atoms with Crippen LogP contribution in [0, 0.1) is 5.82 Å². The Morgan fingerprint density at radius 2 is 1.75 bits per heavy atom. The fraction of sp³-hybridized carbons (Fsp3) is 0. The van der Waals surface area contributed by atoms with E-state index in [4.69, 9.17) is 34.7 Å². The molecule has 0 heterocycles. The van der Waals surface area contributed by atoms with Crippen molar-refractivity contribution in [3.05, 3.63) is 51.8 Å². The van der Waals surface area contributed by atoms with Crippen LogP contribution < -0.4 is 16.8 Å². The Morgan fingerprint density at radius 3 is 2.30 bits per heavy atom. The Hall–Kier alpha value is -1.98. The van der Waals surface area contributed by atoms with Gasteiger partial charge < -0.3 is 16.8 Å². The average Bonchev–Trinajstić information content (AvgIpc) is 2.38. The maximum absolute atomic E-state index is 13.3. The van der Waals surface area contributed by atoms with Gasteiger partial charge in [0.15, 0.2) is 5.82 Å². The summed E-state index contributed by atoms with van der Waals surface area (Å²) in [5.41, 5.74) is 12.6. The Kier molecular flexibility index (Phi) is 4.01. The molecule has 0 fully saturated rings. The first kappa shape index (κ1) is 14.4. The van der Waals surface area contributed by atoms with Crippen molar-refractivity contribution in [1.29, 1.82) is 0 Å². The lowest BCUT2D eigenvalue weighted by molar-refractivity contribution is 0.100. The molecule has 0 aliphatic rings. The quantitative estimate of drug-likeness (QED) is 0.598. The van der Waals surface area contributed by atoms with Crippen molar-refractivity contribution in [3.8, 4) is 0 Å². The van der Waals surface area contributed by atoms with Crippen LogP contribution in [0.15, 0.2) is 30.3 Å². The van der Waals surface area contributed by atoms with E-state index in [9.17, 15) is 9.18 Å². The van der Waals surface area contributed by atoms with E-state index in [0.29, 0.717) is 22.6 Å². The average molecular weight is 314 g/mol. The molecule has 0 bridgehead atoms. The summed E-state index contributed by atoms with van der Waals surface area (Å²) in [5.74, 6) is -1.28. The van der Waals surface area contributed by atoms with Crippen LogP contribution in [0.25, 0.3) is 0 Å². The molecule has 2 rings (SSSR count). The molecule has 2 aromatic carbocycles. The smallest absolute Gasteiger partial charge is 0.248 e. The highest BCUT2D eigenvalue weighted by molar-refractivity contribution is 6.35. The van der Waals surface area contributed by atoms with Crippen molar-refractivity contribution in [2.24, 2.45) is 5.73 Å². The van der Waals surface area contributed by atoms with Gasteiger partial charge in [-0.2, -0.15) is 0 Å². The molecule has 0 aromatic heterocycles. The van der Waals surface area contributed by atoms with Crippen LogP contribution in [-0.2, 0) is 0 Å². The Labute approximate surface area is 124 Å². The van der Waals surface area contributed by atoms with Crippen molar-refractivity contribution < 1.29 is 9.18 Å². The van der Waals surface area contributed by atoms with E-state index in [2.05, 4.69) is 5.32 Å². The van der Waals surface area contributed by atoms with Gasteiger partial charge in [0, 0.05) is 11.3 Å². The summed E-state index contributed by atoms with van der Waals surface area (Å²) in [5, 5.41) is 2.67. The number of anilines is 3. The normalized spacial score (nSPS) is 10.3. The first-order valence-electron chi connectivity index (χ1n) is 5.49. The van der Waals surface area contributed by atoms with Gasteiger partial charge >= 0.3 is 0 Å². The van der Waals surface area contributed by atoms with Gasteiger partial charge in [-0.05, 0) is 30.3 Å². The lowest BCUT2D eigenvalue weighted by Gasteiger charge is -2.11. The van der Waals surface area contributed by atoms with Crippen molar-refractivity contribution in [1.82, 2.24) is 0 Å². The van der Waals surface area contributed by atoms with E-state index >= 15 is 0 Å². The SMILES string of the molecule is NC(=O)c1ccc(N)c(Nc2cc(Cl)c(F)c(Cl)c2)c1. The predicted molar refractivity (Wildman–Crippen MR) is 79.1 cm³/mol. The summed E-state index contributed by atoms with van der Waals surface area (Å²) in [7, 11) is 0. The lowest BCUT2D eigenvalue weighted by atomic mass is 10.1. The number of nitrogens with one attached hydrogen (secondary N) is 1. The molecule has 104 valence electrons. The van der Waals surface area contributed by atoms with E-state index in [0.717, 1.165) is 0 Å². The minimum absolute atomic E-state index is 0.121. The number of carbonyl (C=O) groups excluding carboxylic acids is 1. The lowest BCUT2D eigenvalue weighted by Crippen LogP contribution is -2.11. The standard InChI is InChI=1S/C13H10Cl2FN3O/c14-8-4-7(5-9(15)12(8)16)19-11-3-6(13(18)20)1-2-10(11)17/h1-5,19H,17H2,(H2,18,20). The molecule has 20 heavy (non-hydrogen) atoms. The molecule has 1 amide bonds. The van der Waals surface area contributed by atoms with E-state index in [1.807, 2.05) is 0 Å². The zero-order valence-electron chi connectivity index (χ0n) is 10.1. The van der Waals surface area contributed by atoms with E-state index in [1.54, 1.807) is 0 Å². The second kappa shape index (κ2) is 5.56. The highest BCUT2D eigenvalue weighted by Crippen LogP contribution is 2.31. The summed E-state index contributed by atoms with van der Waals surface area (Å²) >= 11 is 11.4. The van der Waals surface area contributed by atoms with Gasteiger partial charge in [0.25, 0.3) is 0 Å². The number of rotatable bonds is 3. The van der Waals surface area contributed by atoms with E-state index in [1.165, 1.54) is 30.3 Å². The second-order valence-corrected chi connectivity index (χ2v) is 4.86. The van der Waals surface area contributed by atoms with Crippen molar-refractivity contribution in [2.75, 3.05) is 11.1 Å². The van der Waals surface area contributed by atoms with Crippen molar-refractivity contribution in [3.63, 3.8) is 0 Å². The maximum Gasteiger partial charge on any atom is 0.248 e. The van der Waals surface area contributed by atoms with E-state index in [-0.39, 0.29) is 10.0 Å². The number of hydrogen-bond acceptors (Lipinski definition) is 3. The number of primary amides is 1. The third-order valence-electron chi connectivity index (χ3n) is 2.60. The van der Waals surface area contributed by atoms with Crippen LogP contribution in [0.2, 0.25) is 10.0 Å². The van der Waals surface area contributed by atoms with Crippen LogP contribution >= 0.6 is 23.2 Å². The number of nitrogen functional groups attached to an aromatic ring is 1. The molecule has 0 aliphatic heterocycles. The number of amides is 1. The fourth-order valence-electron chi connectivity index (χ4n) is 1.60. The Bertz CT molecular complexity index is 668. The molecule has 0 radical (unpaired) electrons. The molecule has 7 heteroatoms. The van der Waals surface area contributed by atoms with Gasteiger partial charge in [-0.3, -0.25) is 4.79 Å². The van der Waals surface area contributed by atoms with Crippen LogP contribution in [0.3, 0.4) is 0 Å². The third kappa shape index (κ3) is 2.95. The van der Waals surface area contributed by atoms with Crippen LogP contribution in [0.1, 0.15) is 10.4 Å². The summed E-state index contributed by atoms with van der Waals surface area (Å²) < 4.78 is 13.3. The largest absolute Gasteiger partial charge is 0.397 e. The second-order valence-electron chi connectivity index (χ2n) is 4.05. The first-order chi connectivity index (χ1) is 9.38. The zero-order valence-corrected chi connectivity index (χ0v) is 11.6. The predicted octanol–water partition coefficient (Wildman–Crippen LogP) is 3.56. The number of carbonyl (C=O) groups is 1. The summed E-state index contributed by atoms with van der Waals surface area (Å²) in [4.78, 5) is 11.1. The van der Waals surface area contributed by atoms with Gasteiger partial charge in [-0.1, -0.05) is 23.2 Å². The van der Waals surface area contributed by atoms with E-state index < -0.39 is 11.7 Å². The number of nitrogens with two attached hydrogens (primary N) is 2. The highest BCUT2D eigenvalue weighted by atomic mass is 35.5. The summed E-state index contributed by atoms with van der Waals surface area (Å²) in [6.07, 6.45) is 0. The van der Waals surface area contributed by atoms with Gasteiger partial charge in [0.2, 0.25) is 5.91 Å². The van der Waals surface area contributed by atoms with Crippen LogP contribution in [0.5, 0.6) is 0 Å². The number of hydrogen-bond donors (Lipinski definition) is 3. The molecule has 2 aromatic rings. The summed E-state index contributed by atoms with van der Waals surface area (Å²) in [6, 6.07) is 7.25. The maximum atomic E-state index is 13.3. The molecule has 0 saturated heterocycles. The molecular formula is C13H10Cl2FN3O. The molecule has 0 atom stereocenters. The van der Waals surface area contributed by atoms with Gasteiger partial charge in [-0.15, -0.1) is 0 Å². The van der Waals surface area contributed by atoms with Crippen LogP contribution in [0.4, 0.5) is 21.5 Å². The number of benzene rings is 2. The molecule has 0 unspecified atom stereocenters. The zero-order chi connectivity index (χ0) is 14.9. The number of halogens is 3. The molecule has 4 nitrogen and oxygen atoms in total. The molecular weight excluding hydrogens is 304 g/mol. The fourth-order valence-corrected chi connectivity index (χ4v) is 2.09. The van der Waals surface area contributed by atoms with Gasteiger partial charge in [-0.25, -0.2) is 4.39 Å². The minimum atomic E-state index is -0.697. The Balaban J connectivity index is 2.39. The first-order valence-corrected chi connectivity index (χ1v) is 6.25. The van der Waals surface area contributed by atoms with Gasteiger partial charge in [0.05, 0.1) is 21.4 Å². The minimum Gasteiger partial charge on any atom is -0.397 e. The molecule has 0 spiro atoms. The molecule has 5 N–H and O–H groups in total. The van der Waals surface area contributed by atoms with Gasteiger partial charge in [0.1, 0.15) is 0 Å². The topological polar surface area (TPSA) is 81.1 Å². The summed E-state index contributed by atoms with van der Waals surface area (Å²) in [6.45, 7) is 0. The third-order valence-corrected chi connectivity index (χ3v) is 3.15. The Morgan fingerprint density at radius 1 is 1.15 bits per heavy atom. The van der Waals surface area contributed by atoms with Crippen molar-refractivity contribution >= 4 is 46.2 Å². The molecule has 0 aliphatic carbocycles. The molecule has 0 saturated carbocycles.